The summed E-state index contributed by atoms with van der Waals surface area (Å²) in [6.07, 6.45) is 0.952. The molecule has 1 rings (SSSR count). The summed E-state index contributed by atoms with van der Waals surface area (Å²) in [5.74, 6) is -3.00. The van der Waals surface area contributed by atoms with E-state index in [-0.39, 0.29) is 5.75 Å². The summed E-state index contributed by atoms with van der Waals surface area (Å²) in [4.78, 5) is 48.6. The van der Waals surface area contributed by atoms with Crippen molar-refractivity contribution in [3.8, 4) is 0 Å². The van der Waals surface area contributed by atoms with Crippen LogP contribution >= 0.6 is 12.6 Å². The van der Waals surface area contributed by atoms with Crippen LogP contribution in [-0.2, 0) is 19.2 Å². The summed E-state index contributed by atoms with van der Waals surface area (Å²) in [6.45, 7) is 1.18. The number of nitrogens with one attached hydrogen (secondary N) is 2. The maximum absolute atomic E-state index is 12.4. The first-order valence-electron chi connectivity index (χ1n) is 7.84. The van der Waals surface area contributed by atoms with E-state index in [2.05, 4.69) is 23.3 Å². The van der Waals surface area contributed by atoms with Crippen molar-refractivity contribution in [3.05, 3.63) is 0 Å². The van der Waals surface area contributed by atoms with E-state index >= 15 is 0 Å². The van der Waals surface area contributed by atoms with Crippen molar-refractivity contribution < 1.29 is 29.4 Å². The Balaban J connectivity index is 2.65. The Bertz CT molecular complexity index is 531. The molecule has 0 aromatic rings. The molecule has 142 valence electrons. The fourth-order valence-electron chi connectivity index (χ4n) is 2.47. The van der Waals surface area contributed by atoms with Gasteiger partial charge in [0.2, 0.25) is 17.7 Å². The lowest BCUT2D eigenvalue weighted by Crippen LogP contribution is -2.57. The quantitative estimate of drug-likeness (QED) is 0.251. The van der Waals surface area contributed by atoms with Gasteiger partial charge in [-0.3, -0.25) is 14.4 Å². The number of thiol groups is 1. The Morgan fingerprint density at radius 2 is 1.92 bits per heavy atom. The van der Waals surface area contributed by atoms with Crippen LogP contribution in [0.25, 0.3) is 0 Å². The Morgan fingerprint density at radius 3 is 2.44 bits per heavy atom. The van der Waals surface area contributed by atoms with E-state index in [4.69, 9.17) is 15.9 Å². The number of carbonyl (C=O) groups is 4. The van der Waals surface area contributed by atoms with E-state index in [1.54, 1.807) is 0 Å². The molecule has 0 aromatic carbocycles. The van der Waals surface area contributed by atoms with Gasteiger partial charge in [-0.1, -0.05) is 0 Å². The second kappa shape index (κ2) is 9.59. The minimum atomic E-state index is -1.17. The zero-order chi connectivity index (χ0) is 19.1. The number of hydrogen-bond donors (Lipinski definition) is 6. The van der Waals surface area contributed by atoms with Crippen LogP contribution in [0.1, 0.15) is 19.8 Å². The Morgan fingerprint density at radius 1 is 1.28 bits per heavy atom. The molecule has 3 amide bonds. The molecule has 0 saturated carbocycles. The molecule has 11 heteroatoms. The number of carboxylic acids is 1. The van der Waals surface area contributed by atoms with Crippen molar-refractivity contribution in [2.45, 2.75) is 43.9 Å². The van der Waals surface area contributed by atoms with Crippen LogP contribution in [0.5, 0.6) is 0 Å². The number of aliphatic hydroxyl groups excluding tert-OH is 1. The van der Waals surface area contributed by atoms with Gasteiger partial charge < -0.3 is 31.5 Å². The lowest BCUT2D eigenvalue weighted by Gasteiger charge is -2.26. The topological polar surface area (TPSA) is 162 Å². The fourth-order valence-corrected chi connectivity index (χ4v) is 2.72. The molecule has 0 aromatic heterocycles. The number of nitrogens with two attached hydrogens (primary N) is 1. The van der Waals surface area contributed by atoms with E-state index in [1.165, 1.54) is 11.8 Å². The molecule has 4 unspecified atom stereocenters. The Kier molecular flexibility index (Phi) is 8.13. The first-order valence-corrected chi connectivity index (χ1v) is 8.47. The smallest absolute Gasteiger partial charge is 0.326 e. The molecule has 1 fully saturated rings. The summed E-state index contributed by atoms with van der Waals surface area (Å²) in [5.41, 5.74) is 5.36. The zero-order valence-electron chi connectivity index (χ0n) is 13.8. The van der Waals surface area contributed by atoms with Crippen LogP contribution in [0.2, 0.25) is 0 Å². The second-order valence-corrected chi connectivity index (χ2v) is 6.16. The number of rotatable bonds is 8. The molecule has 1 saturated heterocycles. The van der Waals surface area contributed by atoms with Crippen molar-refractivity contribution in [1.82, 2.24) is 15.5 Å². The summed E-state index contributed by atoms with van der Waals surface area (Å²) in [6, 6.07) is -4.07. The Hall–Kier alpha value is -1.85. The van der Waals surface area contributed by atoms with Gasteiger partial charge in [-0.2, -0.15) is 12.6 Å². The van der Waals surface area contributed by atoms with Gasteiger partial charge in [-0.25, -0.2) is 4.79 Å². The number of carboxylic acid groups (broad SMARTS) is 1. The van der Waals surface area contributed by atoms with Crippen LogP contribution in [0.4, 0.5) is 0 Å². The van der Waals surface area contributed by atoms with Gasteiger partial charge in [-0.05, 0) is 19.8 Å². The molecule has 0 radical (unpaired) electrons. The minimum absolute atomic E-state index is 0.0436. The molecule has 0 aliphatic carbocycles. The first-order chi connectivity index (χ1) is 11.7. The first kappa shape index (κ1) is 21.2. The summed E-state index contributed by atoms with van der Waals surface area (Å²) < 4.78 is 0. The molecule has 1 heterocycles. The van der Waals surface area contributed by atoms with Gasteiger partial charge in [-0.15, -0.1) is 0 Å². The number of aliphatic carboxylic acids is 1. The van der Waals surface area contributed by atoms with Crippen LogP contribution in [0.3, 0.4) is 0 Å². The molecule has 1 aliphatic heterocycles. The van der Waals surface area contributed by atoms with Crippen LogP contribution < -0.4 is 16.4 Å². The maximum Gasteiger partial charge on any atom is 0.326 e. The molecule has 6 N–H and O–H groups in total. The lowest BCUT2D eigenvalue weighted by atomic mass is 10.2. The average molecular weight is 376 g/mol. The third-order valence-electron chi connectivity index (χ3n) is 3.90. The number of aliphatic hydroxyl groups is 1. The highest BCUT2D eigenvalue weighted by atomic mass is 32.1. The van der Waals surface area contributed by atoms with Gasteiger partial charge >= 0.3 is 5.97 Å². The van der Waals surface area contributed by atoms with Crippen molar-refractivity contribution >= 4 is 36.3 Å². The maximum atomic E-state index is 12.4. The van der Waals surface area contributed by atoms with E-state index < -0.39 is 54.5 Å². The second-order valence-electron chi connectivity index (χ2n) is 5.79. The molecular weight excluding hydrogens is 352 g/mol. The van der Waals surface area contributed by atoms with E-state index in [1.807, 2.05) is 0 Å². The third-order valence-corrected chi connectivity index (χ3v) is 4.26. The summed E-state index contributed by atoms with van der Waals surface area (Å²) in [5, 5.41) is 22.7. The number of carbonyl (C=O) groups excluding carboxylic acids is 3. The number of likely N-dealkylation sites (tertiary alicyclic amines) is 1. The SMILES string of the molecule is CC(NC(=O)C(CS)NC(=O)C(N)CO)C(=O)N1CCCC1C(=O)O. The predicted octanol–water partition coefficient (Wildman–Crippen LogP) is -2.70. The van der Waals surface area contributed by atoms with Crippen molar-refractivity contribution in [3.63, 3.8) is 0 Å². The number of hydrogen-bond acceptors (Lipinski definition) is 7. The van der Waals surface area contributed by atoms with Crippen LogP contribution in [0, 0.1) is 0 Å². The molecule has 0 bridgehead atoms. The van der Waals surface area contributed by atoms with Crippen molar-refractivity contribution in [2.75, 3.05) is 18.9 Å². The molecule has 1 aliphatic rings. The van der Waals surface area contributed by atoms with Crippen molar-refractivity contribution in [1.29, 1.82) is 0 Å². The largest absolute Gasteiger partial charge is 0.480 e. The van der Waals surface area contributed by atoms with Gasteiger partial charge in [0.15, 0.2) is 0 Å². The molecular formula is C14H24N4O6S. The van der Waals surface area contributed by atoms with Crippen LogP contribution in [-0.4, -0.2) is 81.9 Å². The normalized spacial score (nSPS) is 20.5. The summed E-state index contributed by atoms with van der Waals surface area (Å²) >= 11 is 3.98. The van der Waals surface area contributed by atoms with Gasteiger partial charge in [0.05, 0.1) is 6.61 Å². The van der Waals surface area contributed by atoms with Gasteiger partial charge in [0.25, 0.3) is 0 Å². The Labute approximate surface area is 150 Å². The fraction of sp³-hybridized carbons (Fsp3) is 0.714. The molecule has 10 nitrogen and oxygen atoms in total. The third kappa shape index (κ3) is 5.58. The average Bonchev–Trinajstić information content (AvgIpc) is 3.07. The molecule has 25 heavy (non-hydrogen) atoms. The molecule has 0 spiro atoms. The van der Waals surface area contributed by atoms with E-state index in [0.717, 1.165) is 0 Å². The number of amides is 3. The zero-order valence-corrected chi connectivity index (χ0v) is 14.7. The lowest BCUT2D eigenvalue weighted by molar-refractivity contribution is -0.149. The highest BCUT2D eigenvalue weighted by molar-refractivity contribution is 7.80. The predicted molar refractivity (Wildman–Crippen MR) is 90.8 cm³/mol. The summed E-state index contributed by atoms with van der Waals surface area (Å²) in [7, 11) is 0. The van der Waals surface area contributed by atoms with E-state index in [9.17, 15) is 19.2 Å². The van der Waals surface area contributed by atoms with Gasteiger partial charge in [0.1, 0.15) is 24.2 Å². The molecule has 4 atom stereocenters. The van der Waals surface area contributed by atoms with Gasteiger partial charge in [0, 0.05) is 12.3 Å². The standard InChI is InChI=1S/C14H24N4O6S/c1-7(13(22)18-4-2-3-10(18)14(23)24)16-12(21)9(6-25)17-11(20)8(15)5-19/h7-10,19,25H,2-6,15H2,1H3,(H,16,21)(H,17,20)(H,23,24). The highest BCUT2D eigenvalue weighted by Gasteiger charge is 2.36. The van der Waals surface area contributed by atoms with E-state index in [0.29, 0.717) is 19.4 Å². The van der Waals surface area contributed by atoms with Crippen LogP contribution in [0.15, 0.2) is 0 Å². The number of nitrogens with zero attached hydrogens (tertiary/aromatic N) is 1. The highest BCUT2D eigenvalue weighted by Crippen LogP contribution is 2.18. The minimum Gasteiger partial charge on any atom is -0.480 e. The monoisotopic (exact) mass is 376 g/mol. The van der Waals surface area contributed by atoms with Crippen molar-refractivity contribution in [2.24, 2.45) is 5.73 Å².